The maximum absolute atomic E-state index is 14.3. The van der Waals surface area contributed by atoms with Gasteiger partial charge in [0.2, 0.25) is 5.79 Å². The highest BCUT2D eigenvalue weighted by Crippen LogP contribution is 2.62. The number of hydrogen-bond acceptors (Lipinski definition) is 10. The minimum absolute atomic E-state index is 0.0438. The third-order valence-corrected chi connectivity index (χ3v) is 11.4. The Morgan fingerprint density at radius 3 is 2.53 bits per heavy atom. The molecule has 12 heteroatoms. The molecule has 1 fully saturated rings. The predicted octanol–water partition coefficient (Wildman–Crippen LogP) is 8.42. The number of pyridine rings is 1. The number of aromatic nitrogens is 1. The van der Waals surface area contributed by atoms with Gasteiger partial charge in [-0.05, 0) is 112 Å². The van der Waals surface area contributed by atoms with Crippen molar-refractivity contribution < 1.29 is 43.2 Å². The van der Waals surface area contributed by atoms with Gasteiger partial charge in [0.25, 0.3) is 0 Å². The average molecular weight is 800 g/mol. The Kier molecular flexibility index (Phi) is 15.0. The number of aliphatic hydroxyl groups is 2. The van der Waals surface area contributed by atoms with Gasteiger partial charge >= 0.3 is 6.09 Å². The second-order valence-corrected chi connectivity index (χ2v) is 15.2. The molecule has 58 heavy (non-hydrogen) atoms. The van der Waals surface area contributed by atoms with E-state index in [4.69, 9.17) is 28.9 Å². The lowest BCUT2D eigenvalue weighted by Gasteiger charge is -2.59. The number of carbonyl (C=O) groups is 1. The lowest BCUT2D eigenvalue weighted by atomic mass is 9.55. The van der Waals surface area contributed by atoms with E-state index < -0.39 is 23.8 Å². The molecule has 1 amide bonds. The summed E-state index contributed by atoms with van der Waals surface area (Å²) in [6, 6.07) is 17.0. The Morgan fingerprint density at radius 1 is 1.05 bits per heavy atom. The third kappa shape index (κ3) is 9.56. The largest absolute Gasteiger partial charge is 0.487 e. The van der Waals surface area contributed by atoms with E-state index in [2.05, 4.69) is 23.7 Å². The van der Waals surface area contributed by atoms with Gasteiger partial charge in [0.1, 0.15) is 36.6 Å². The number of halogens is 1. The second kappa shape index (κ2) is 20.3. The highest BCUT2D eigenvalue weighted by molar-refractivity contribution is 6.03. The zero-order valence-electron chi connectivity index (χ0n) is 34.0. The number of rotatable bonds is 20. The van der Waals surface area contributed by atoms with Crippen LogP contribution in [-0.4, -0.2) is 76.8 Å². The maximum atomic E-state index is 14.3. The zero-order chi connectivity index (χ0) is 41.1. The summed E-state index contributed by atoms with van der Waals surface area (Å²) in [5.41, 5.74) is 4.97. The van der Waals surface area contributed by atoms with E-state index in [0.717, 1.165) is 48.2 Å². The van der Waals surface area contributed by atoms with Crippen molar-refractivity contribution in [3.05, 3.63) is 113 Å². The Bertz CT molecular complexity index is 1900. The van der Waals surface area contributed by atoms with Crippen molar-refractivity contribution in [2.75, 3.05) is 33.0 Å². The van der Waals surface area contributed by atoms with Crippen LogP contribution in [0.4, 0.5) is 9.18 Å². The highest BCUT2D eigenvalue weighted by Gasteiger charge is 2.65. The second-order valence-electron chi connectivity index (χ2n) is 15.2. The molecule has 312 valence electrons. The normalized spacial score (nSPS) is 23.9. The average Bonchev–Trinajstić information content (AvgIpc) is 3.22. The molecule has 6 rings (SSSR count). The summed E-state index contributed by atoms with van der Waals surface area (Å²) in [5.74, 6) is -1.18. The van der Waals surface area contributed by atoms with Gasteiger partial charge in [-0.15, -0.1) is 6.58 Å². The van der Waals surface area contributed by atoms with Crippen LogP contribution in [0.1, 0.15) is 87.2 Å². The number of oxime groups is 1. The lowest BCUT2D eigenvalue weighted by molar-refractivity contribution is -0.256. The Morgan fingerprint density at radius 2 is 1.83 bits per heavy atom. The lowest BCUT2D eigenvalue weighted by Crippen LogP contribution is -2.70. The number of unbranched alkanes of at least 4 members (excludes halogenated alkanes) is 2. The number of benzene rings is 2. The Labute approximate surface area is 341 Å². The number of carbonyl (C=O) groups excluding carboxylic acids is 1. The number of nitrogens with zero attached hydrogens (tertiary/aromatic N) is 3. The van der Waals surface area contributed by atoms with Gasteiger partial charge in [0.15, 0.2) is 0 Å². The van der Waals surface area contributed by atoms with Crippen LogP contribution in [0, 0.1) is 30.5 Å². The van der Waals surface area contributed by atoms with E-state index >= 15 is 0 Å². The van der Waals surface area contributed by atoms with Crippen LogP contribution in [0.5, 0.6) is 11.5 Å². The van der Waals surface area contributed by atoms with Crippen LogP contribution >= 0.6 is 0 Å². The van der Waals surface area contributed by atoms with Crippen LogP contribution < -0.4 is 9.47 Å². The van der Waals surface area contributed by atoms with E-state index in [9.17, 15) is 19.4 Å². The smallest absolute Gasteiger partial charge is 0.410 e. The Balaban J connectivity index is 1.57. The number of fused-ring (bicyclic) bond motifs is 2. The number of amides is 1. The van der Waals surface area contributed by atoms with Crippen LogP contribution in [0.2, 0.25) is 0 Å². The summed E-state index contributed by atoms with van der Waals surface area (Å²) in [4.78, 5) is 26.3. The molecule has 0 unspecified atom stereocenters. The first-order chi connectivity index (χ1) is 28.3. The highest BCUT2D eigenvalue weighted by atomic mass is 19.1. The summed E-state index contributed by atoms with van der Waals surface area (Å²) in [6.45, 7) is 10.7. The number of aliphatic hydroxyl groups excluding tert-OH is 2. The molecule has 0 spiro atoms. The number of aryl methyl sites for hydroxylation is 1. The van der Waals surface area contributed by atoms with Gasteiger partial charge in [0.05, 0.1) is 30.5 Å². The fourth-order valence-electron chi connectivity index (χ4n) is 9.01. The molecule has 3 aliphatic rings. The minimum atomic E-state index is -1.46. The van der Waals surface area contributed by atoms with E-state index in [0.29, 0.717) is 42.2 Å². The molecule has 1 saturated carbocycles. The van der Waals surface area contributed by atoms with Gasteiger partial charge in [-0.2, -0.15) is 0 Å². The molecule has 6 atom stereocenters. The molecule has 11 nitrogen and oxygen atoms in total. The van der Waals surface area contributed by atoms with Gasteiger partial charge < -0.3 is 34.0 Å². The summed E-state index contributed by atoms with van der Waals surface area (Å²) in [7, 11) is 0. The van der Waals surface area contributed by atoms with Crippen molar-refractivity contribution in [3.8, 4) is 11.5 Å². The number of allylic oxidation sites excluding steroid dienone is 1. The zero-order valence-corrected chi connectivity index (χ0v) is 34.0. The first-order valence-electron chi connectivity index (χ1n) is 20.7. The van der Waals surface area contributed by atoms with Gasteiger partial charge in [0, 0.05) is 43.4 Å². The van der Waals surface area contributed by atoms with Crippen molar-refractivity contribution in [1.29, 1.82) is 0 Å². The number of hydrogen-bond donors (Lipinski definition) is 2. The standard InChI is InChI=1S/C46H58FN3O8/c1-5-25-56-46-42(50(45(53)54-6-2)29-32-17-19-34(47)20-18-32)28-40(49-57-7-3)38-26-33(14-8-10-23-51)37(16-9-11-24-52)43(44(38)46)39-27-36(21-22-41(39)58-46)55-30-35-15-12-13-31(4)48-35/h5,12-13,15,17-22,26-27,33,37,42-44,51-52H,1,6-11,14,16,23-25,28-30H2,2-4H3/t33-,37+,42-,43+,44+,46+/m0/s1. The van der Waals surface area contributed by atoms with Crippen molar-refractivity contribution in [2.24, 2.45) is 22.9 Å². The quantitative estimate of drug-likeness (QED) is 0.0657. The molecule has 1 aliphatic heterocycles. The van der Waals surface area contributed by atoms with Crippen LogP contribution in [0.25, 0.3) is 0 Å². The van der Waals surface area contributed by atoms with Crippen molar-refractivity contribution in [1.82, 2.24) is 9.88 Å². The third-order valence-electron chi connectivity index (χ3n) is 11.4. The van der Waals surface area contributed by atoms with Gasteiger partial charge in [-0.3, -0.25) is 9.88 Å². The molecule has 2 aromatic carbocycles. The fourth-order valence-corrected chi connectivity index (χ4v) is 9.01. The number of ether oxygens (including phenoxy) is 4. The summed E-state index contributed by atoms with van der Waals surface area (Å²) in [6.07, 6.45) is 8.18. The molecule has 0 saturated heterocycles. The van der Waals surface area contributed by atoms with E-state index in [1.54, 1.807) is 30.0 Å². The van der Waals surface area contributed by atoms with Crippen molar-refractivity contribution in [3.63, 3.8) is 0 Å². The van der Waals surface area contributed by atoms with E-state index in [1.165, 1.54) is 12.1 Å². The summed E-state index contributed by atoms with van der Waals surface area (Å²) in [5, 5.41) is 24.5. The van der Waals surface area contributed by atoms with Crippen LogP contribution in [0.3, 0.4) is 0 Å². The molecule has 2 aliphatic carbocycles. The minimum Gasteiger partial charge on any atom is -0.487 e. The summed E-state index contributed by atoms with van der Waals surface area (Å²) < 4.78 is 40.6. The van der Waals surface area contributed by atoms with Crippen LogP contribution in [0.15, 0.2) is 90.1 Å². The topological polar surface area (TPSA) is 132 Å². The molecule has 0 bridgehead atoms. The first kappa shape index (κ1) is 42.8. The molecular formula is C46H58FN3O8. The molecule has 0 radical (unpaired) electrons. The monoisotopic (exact) mass is 799 g/mol. The van der Waals surface area contributed by atoms with Gasteiger partial charge in [-0.1, -0.05) is 48.3 Å². The first-order valence-corrected chi connectivity index (χ1v) is 20.7. The summed E-state index contributed by atoms with van der Waals surface area (Å²) >= 11 is 0. The predicted molar refractivity (Wildman–Crippen MR) is 219 cm³/mol. The fraction of sp³-hybridized carbons (Fsp3) is 0.500. The van der Waals surface area contributed by atoms with E-state index in [-0.39, 0.29) is 69.6 Å². The van der Waals surface area contributed by atoms with E-state index in [1.807, 2.05) is 44.2 Å². The molecule has 3 aromatic rings. The molecule has 2 N–H and O–H groups in total. The SMILES string of the molecule is C=CCO[C@@]12Oc3ccc(OCc4cccc(C)n4)cc3[C@H]3[C@H](CCCCO)[C@@H](CCCCO)C=C(C(=NOCC)C[C@@H]1N(Cc1ccc(F)cc1)C(=O)OCC)[C@H]32. The van der Waals surface area contributed by atoms with Gasteiger partial charge in [-0.25, -0.2) is 9.18 Å². The molecular weight excluding hydrogens is 742 g/mol. The Hall–Kier alpha value is -4.78. The van der Waals surface area contributed by atoms with Crippen molar-refractivity contribution >= 4 is 11.8 Å². The van der Waals surface area contributed by atoms with Crippen LogP contribution in [-0.2, 0) is 27.5 Å². The van der Waals surface area contributed by atoms with Crippen molar-refractivity contribution in [2.45, 2.75) is 96.6 Å². The molecule has 2 heterocycles. The molecule has 1 aromatic heterocycles. The maximum Gasteiger partial charge on any atom is 0.410 e.